The third kappa shape index (κ3) is 4.23. The van der Waals surface area contributed by atoms with Gasteiger partial charge < -0.3 is 11.2 Å². The van der Waals surface area contributed by atoms with Gasteiger partial charge in [0.05, 0.1) is 5.25 Å². The van der Waals surface area contributed by atoms with E-state index in [4.69, 9.17) is 5.84 Å². The van der Waals surface area contributed by atoms with Crippen molar-refractivity contribution in [1.82, 2.24) is 14.9 Å². The standard InChI is InChI=1S/C20H21N5O2S/c1-12-7-4-5-10-17(12)18-23-24-20(25(18)21)28-14(3)19(27)22-16-9-6-8-15(11-16)13(2)26/h4-11,14H,21H2,1-3H3,(H,22,27)/t14-/m1/s1. The lowest BCUT2D eigenvalue weighted by Gasteiger charge is -2.12. The summed E-state index contributed by atoms with van der Waals surface area (Å²) in [6.45, 7) is 5.22. The van der Waals surface area contributed by atoms with Crippen LogP contribution in [0.2, 0.25) is 0 Å². The molecule has 3 rings (SSSR count). The first-order valence-electron chi connectivity index (χ1n) is 8.72. The number of hydrogen-bond donors (Lipinski definition) is 2. The van der Waals surface area contributed by atoms with E-state index in [0.29, 0.717) is 22.2 Å². The average Bonchev–Trinajstić information content (AvgIpc) is 3.02. The quantitative estimate of drug-likeness (QED) is 0.377. The van der Waals surface area contributed by atoms with Crippen molar-refractivity contribution < 1.29 is 9.59 Å². The number of nitrogens with zero attached hydrogens (tertiary/aromatic N) is 3. The zero-order valence-electron chi connectivity index (χ0n) is 15.8. The van der Waals surface area contributed by atoms with Gasteiger partial charge in [0, 0.05) is 16.8 Å². The second-order valence-electron chi connectivity index (χ2n) is 6.38. The molecule has 3 aromatic rings. The molecule has 1 heterocycles. The molecule has 0 fully saturated rings. The molecular formula is C20H21N5O2S. The topological polar surface area (TPSA) is 103 Å². The van der Waals surface area contributed by atoms with Gasteiger partial charge in [-0.05, 0) is 38.5 Å². The first kappa shape index (κ1) is 19.6. The minimum Gasteiger partial charge on any atom is -0.335 e. The molecule has 0 saturated carbocycles. The molecule has 3 N–H and O–H groups in total. The van der Waals surface area contributed by atoms with Gasteiger partial charge in [-0.1, -0.05) is 48.2 Å². The fourth-order valence-corrected chi connectivity index (χ4v) is 3.41. The van der Waals surface area contributed by atoms with Gasteiger partial charge in [-0.15, -0.1) is 10.2 Å². The summed E-state index contributed by atoms with van der Waals surface area (Å²) in [6, 6.07) is 14.6. The van der Waals surface area contributed by atoms with Gasteiger partial charge in [-0.3, -0.25) is 9.59 Å². The van der Waals surface area contributed by atoms with E-state index in [1.807, 2.05) is 31.2 Å². The van der Waals surface area contributed by atoms with Crippen molar-refractivity contribution in [2.24, 2.45) is 0 Å². The Kier molecular flexibility index (Phi) is 5.79. The summed E-state index contributed by atoms with van der Waals surface area (Å²) in [6.07, 6.45) is 0. The summed E-state index contributed by atoms with van der Waals surface area (Å²) in [4.78, 5) is 24.0. The van der Waals surface area contributed by atoms with E-state index in [1.165, 1.54) is 23.4 Å². The summed E-state index contributed by atoms with van der Waals surface area (Å²) in [5.41, 5.74) is 3.04. The van der Waals surface area contributed by atoms with Gasteiger partial charge in [0.1, 0.15) is 0 Å². The number of aromatic nitrogens is 3. The number of amides is 1. The first-order chi connectivity index (χ1) is 13.4. The SMILES string of the molecule is CC(=O)c1cccc(NC(=O)[C@@H](C)Sc2nnc(-c3ccccc3C)n2N)c1. The van der Waals surface area contributed by atoms with Crippen LogP contribution in [0.15, 0.2) is 53.7 Å². The molecule has 8 heteroatoms. The van der Waals surface area contributed by atoms with Crippen molar-refractivity contribution in [1.29, 1.82) is 0 Å². The number of carbonyl (C=O) groups excluding carboxylic acids is 2. The molecule has 28 heavy (non-hydrogen) atoms. The van der Waals surface area contributed by atoms with Crippen LogP contribution >= 0.6 is 11.8 Å². The molecule has 0 radical (unpaired) electrons. The molecule has 0 spiro atoms. The van der Waals surface area contributed by atoms with Crippen LogP contribution in [0.25, 0.3) is 11.4 Å². The molecule has 144 valence electrons. The summed E-state index contributed by atoms with van der Waals surface area (Å²) in [7, 11) is 0. The minimum absolute atomic E-state index is 0.0570. The number of nitrogens with two attached hydrogens (primary N) is 1. The molecule has 2 aromatic carbocycles. The van der Waals surface area contributed by atoms with E-state index >= 15 is 0 Å². The Hall–Kier alpha value is -3.13. The van der Waals surface area contributed by atoms with Crippen LogP contribution in [0.1, 0.15) is 29.8 Å². The van der Waals surface area contributed by atoms with Crippen molar-refractivity contribution in [2.45, 2.75) is 31.2 Å². The predicted octanol–water partition coefficient (Wildman–Crippen LogP) is 3.29. The number of anilines is 1. The monoisotopic (exact) mass is 395 g/mol. The summed E-state index contributed by atoms with van der Waals surface area (Å²) < 4.78 is 1.40. The molecule has 0 aliphatic carbocycles. The number of Topliss-reactive ketones (excluding diaryl/α,β-unsaturated/α-hetero) is 1. The highest BCUT2D eigenvalue weighted by Gasteiger charge is 2.20. The van der Waals surface area contributed by atoms with Crippen LogP contribution < -0.4 is 11.2 Å². The predicted molar refractivity (Wildman–Crippen MR) is 111 cm³/mol. The molecule has 0 bridgehead atoms. The van der Waals surface area contributed by atoms with Gasteiger partial charge in [0.2, 0.25) is 11.1 Å². The fourth-order valence-electron chi connectivity index (χ4n) is 2.64. The van der Waals surface area contributed by atoms with Gasteiger partial charge in [0.25, 0.3) is 0 Å². The maximum Gasteiger partial charge on any atom is 0.237 e. The second-order valence-corrected chi connectivity index (χ2v) is 7.69. The number of nitrogens with one attached hydrogen (secondary N) is 1. The van der Waals surface area contributed by atoms with Gasteiger partial charge in [-0.2, -0.15) is 0 Å². The minimum atomic E-state index is -0.461. The van der Waals surface area contributed by atoms with Crippen molar-refractivity contribution in [3.63, 3.8) is 0 Å². The Morgan fingerprint density at radius 1 is 1.14 bits per heavy atom. The van der Waals surface area contributed by atoms with E-state index in [1.54, 1.807) is 31.2 Å². The van der Waals surface area contributed by atoms with E-state index in [-0.39, 0.29) is 11.7 Å². The number of benzene rings is 2. The van der Waals surface area contributed by atoms with Crippen LogP contribution in [-0.2, 0) is 4.79 Å². The largest absolute Gasteiger partial charge is 0.335 e. The molecular weight excluding hydrogens is 374 g/mol. The van der Waals surface area contributed by atoms with Gasteiger partial charge in [0.15, 0.2) is 11.6 Å². The Labute approximate surface area is 167 Å². The zero-order valence-corrected chi connectivity index (χ0v) is 16.7. The number of thioether (sulfide) groups is 1. The first-order valence-corrected chi connectivity index (χ1v) is 9.60. The van der Waals surface area contributed by atoms with E-state index < -0.39 is 5.25 Å². The number of ketones is 1. The summed E-state index contributed by atoms with van der Waals surface area (Å²) in [5, 5.41) is 11.1. The lowest BCUT2D eigenvalue weighted by molar-refractivity contribution is -0.115. The molecule has 1 aromatic heterocycles. The molecule has 0 aliphatic heterocycles. The Balaban J connectivity index is 1.72. The van der Waals surface area contributed by atoms with Crippen LogP contribution in [-0.4, -0.2) is 31.8 Å². The van der Waals surface area contributed by atoms with E-state index in [2.05, 4.69) is 15.5 Å². The summed E-state index contributed by atoms with van der Waals surface area (Å²) >= 11 is 1.21. The smallest absolute Gasteiger partial charge is 0.237 e. The van der Waals surface area contributed by atoms with Crippen LogP contribution in [0.3, 0.4) is 0 Å². The van der Waals surface area contributed by atoms with Crippen LogP contribution in [0, 0.1) is 6.92 Å². The maximum atomic E-state index is 12.5. The van der Waals surface area contributed by atoms with Gasteiger partial charge >= 0.3 is 0 Å². The Morgan fingerprint density at radius 2 is 1.89 bits per heavy atom. The molecule has 1 atom stereocenters. The lowest BCUT2D eigenvalue weighted by atomic mass is 10.1. The van der Waals surface area contributed by atoms with Crippen molar-refractivity contribution in [3.8, 4) is 11.4 Å². The van der Waals surface area contributed by atoms with E-state index in [0.717, 1.165) is 11.1 Å². The Bertz CT molecular complexity index is 1030. The van der Waals surface area contributed by atoms with Crippen LogP contribution in [0.4, 0.5) is 5.69 Å². The Morgan fingerprint density at radius 3 is 2.61 bits per heavy atom. The van der Waals surface area contributed by atoms with Crippen molar-refractivity contribution in [3.05, 3.63) is 59.7 Å². The number of nitrogen functional groups attached to an aromatic ring is 1. The molecule has 0 aliphatic rings. The zero-order chi connectivity index (χ0) is 20.3. The molecule has 0 saturated heterocycles. The number of rotatable bonds is 6. The van der Waals surface area contributed by atoms with Crippen molar-refractivity contribution in [2.75, 3.05) is 11.2 Å². The fraction of sp³-hybridized carbons (Fsp3) is 0.200. The second kappa shape index (κ2) is 8.26. The highest BCUT2D eigenvalue weighted by atomic mass is 32.2. The average molecular weight is 395 g/mol. The summed E-state index contributed by atoms with van der Waals surface area (Å²) in [5.74, 6) is 6.43. The molecule has 0 unspecified atom stereocenters. The van der Waals surface area contributed by atoms with E-state index in [9.17, 15) is 9.59 Å². The normalized spacial score (nSPS) is 11.8. The van der Waals surface area contributed by atoms with Crippen LogP contribution in [0.5, 0.6) is 0 Å². The number of aryl methyl sites for hydroxylation is 1. The molecule has 7 nitrogen and oxygen atoms in total. The highest BCUT2D eigenvalue weighted by molar-refractivity contribution is 8.00. The molecule has 1 amide bonds. The maximum absolute atomic E-state index is 12.5. The van der Waals surface area contributed by atoms with Crippen molar-refractivity contribution >= 4 is 29.1 Å². The number of hydrogen-bond acceptors (Lipinski definition) is 6. The third-order valence-corrected chi connectivity index (χ3v) is 5.30. The number of carbonyl (C=O) groups is 2. The third-order valence-electron chi connectivity index (χ3n) is 4.24. The van der Waals surface area contributed by atoms with Gasteiger partial charge in [-0.25, -0.2) is 4.68 Å². The highest BCUT2D eigenvalue weighted by Crippen LogP contribution is 2.27. The lowest BCUT2D eigenvalue weighted by Crippen LogP contribution is -2.23.